The molecule has 3 aromatic rings. The summed E-state index contributed by atoms with van der Waals surface area (Å²) in [5.41, 5.74) is 7.26. The Labute approximate surface area is 146 Å². The molecule has 0 atom stereocenters. The molecule has 0 spiro atoms. The van der Waals surface area contributed by atoms with Crippen molar-refractivity contribution >= 4 is 28.7 Å². The first-order valence-electron chi connectivity index (χ1n) is 7.87. The van der Waals surface area contributed by atoms with Gasteiger partial charge in [-0.3, -0.25) is 4.79 Å². The third-order valence-electron chi connectivity index (χ3n) is 4.00. The highest BCUT2D eigenvalue weighted by molar-refractivity contribution is 6.12. The van der Waals surface area contributed by atoms with Gasteiger partial charge in [0.05, 0.1) is 49.4 Å². The molecule has 0 aliphatic carbocycles. The Morgan fingerprint density at radius 3 is 2.81 bits per heavy atom. The van der Waals surface area contributed by atoms with Crippen molar-refractivity contribution in [2.24, 2.45) is 0 Å². The molecule has 4 rings (SSSR count). The van der Waals surface area contributed by atoms with Gasteiger partial charge in [-0.25, -0.2) is 13.9 Å². The summed E-state index contributed by atoms with van der Waals surface area (Å²) in [7, 11) is 0. The summed E-state index contributed by atoms with van der Waals surface area (Å²) >= 11 is 0. The van der Waals surface area contributed by atoms with Crippen LogP contribution in [0.15, 0.2) is 24.8 Å². The zero-order valence-corrected chi connectivity index (χ0v) is 13.6. The van der Waals surface area contributed by atoms with Gasteiger partial charge in [0.15, 0.2) is 17.3 Å². The van der Waals surface area contributed by atoms with Gasteiger partial charge in [-0.05, 0) is 0 Å². The topological polar surface area (TPSA) is 124 Å². The number of rotatable bonds is 3. The van der Waals surface area contributed by atoms with E-state index in [1.165, 1.54) is 6.20 Å². The Hall–Kier alpha value is -3.34. The lowest BCUT2D eigenvalue weighted by Gasteiger charge is -2.29. The van der Waals surface area contributed by atoms with Crippen molar-refractivity contribution < 1.29 is 13.9 Å². The molecule has 134 valence electrons. The molecule has 1 fully saturated rings. The molecule has 1 amide bonds. The van der Waals surface area contributed by atoms with Crippen molar-refractivity contribution in [1.82, 2.24) is 24.8 Å². The molecular weight excluding hydrogens is 343 g/mol. The first-order chi connectivity index (χ1) is 12.6. The number of nitrogens with one attached hydrogen (secondary N) is 1. The molecule has 3 aromatic heterocycles. The average molecular weight is 358 g/mol. The third kappa shape index (κ3) is 2.88. The Bertz CT molecular complexity index is 969. The minimum atomic E-state index is -0.583. The summed E-state index contributed by atoms with van der Waals surface area (Å²) < 4.78 is 19.8. The highest BCUT2D eigenvalue weighted by atomic mass is 19.1. The van der Waals surface area contributed by atoms with Crippen LogP contribution in [0.2, 0.25) is 0 Å². The molecule has 1 saturated heterocycles. The molecule has 11 heteroatoms. The molecule has 0 bridgehead atoms. The van der Waals surface area contributed by atoms with Gasteiger partial charge in [0, 0.05) is 13.1 Å². The fourth-order valence-electron chi connectivity index (χ4n) is 2.80. The van der Waals surface area contributed by atoms with Crippen LogP contribution in [-0.4, -0.2) is 57.0 Å². The summed E-state index contributed by atoms with van der Waals surface area (Å²) in [6, 6.07) is 0. The fraction of sp³-hybridized carbons (Fsp3) is 0.267. The zero-order chi connectivity index (χ0) is 18.1. The van der Waals surface area contributed by atoms with Crippen LogP contribution in [0.1, 0.15) is 10.4 Å². The second-order valence-electron chi connectivity index (χ2n) is 5.64. The SMILES string of the molecule is Nc1nn2cc(F)cnc2c1C(=O)Nc1cnncc1N1CCOCC1. The van der Waals surface area contributed by atoms with E-state index in [1.54, 1.807) is 6.20 Å². The van der Waals surface area contributed by atoms with Gasteiger partial charge < -0.3 is 20.7 Å². The predicted molar refractivity (Wildman–Crippen MR) is 90.4 cm³/mol. The van der Waals surface area contributed by atoms with Crippen molar-refractivity contribution in [1.29, 1.82) is 0 Å². The van der Waals surface area contributed by atoms with Gasteiger partial charge in [0.2, 0.25) is 0 Å². The molecule has 3 N–H and O–H groups in total. The van der Waals surface area contributed by atoms with Crippen LogP contribution in [0.25, 0.3) is 5.65 Å². The Morgan fingerprint density at radius 2 is 2.00 bits per heavy atom. The Balaban J connectivity index is 1.66. The molecule has 1 aliphatic heterocycles. The average Bonchev–Trinajstić information content (AvgIpc) is 2.97. The molecular formula is C15H15FN8O2. The predicted octanol–water partition coefficient (Wildman–Crippen LogP) is 0.329. The summed E-state index contributed by atoms with van der Waals surface area (Å²) in [4.78, 5) is 18.7. The molecule has 0 unspecified atom stereocenters. The van der Waals surface area contributed by atoms with Gasteiger partial charge in [-0.2, -0.15) is 10.2 Å². The van der Waals surface area contributed by atoms with Gasteiger partial charge in [0.25, 0.3) is 5.91 Å². The quantitative estimate of drug-likeness (QED) is 0.686. The highest BCUT2D eigenvalue weighted by Gasteiger charge is 2.22. The maximum Gasteiger partial charge on any atom is 0.263 e. The van der Waals surface area contributed by atoms with E-state index in [1.807, 2.05) is 4.90 Å². The maximum atomic E-state index is 13.3. The van der Waals surface area contributed by atoms with E-state index in [0.717, 1.165) is 22.6 Å². The van der Waals surface area contributed by atoms with Crippen molar-refractivity contribution in [3.63, 3.8) is 0 Å². The molecule has 0 aromatic carbocycles. The van der Waals surface area contributed by atoms with Crippen molar-refractivity contribution in [2.45, 2.75) is 0 Å². The van der Waals surface area contributed by atoms with Gasteiger partial charge in [-0.15, -0.1) is 5.10 Å². The van der Waals surface area contributed by atoms with Crippen molar-refractivity contribution in [3.8, 4) is 0 Å². The first kappa shape index (κ1) is 16.1. The van der Waals surface area contributed by atoms with Crippen LogP contribution in [0.3, 0.4) is 0 Å². The minimum absolute atomic E-state index is 0.0458. The zero-order valence-electron chi connectivity index (χ0n) is 13.6. The van der Waals surface area contributed by atoms with Gasteiger partial charge >= 0.3 is 0 Å². The minimum Gasteiger partial charge on any atom is -0.381 e. The molecule has 0 saturated carbocycles. The lowest BCUT2D eigenvalue weighted by atomic mass is 10.2. The van der Waals surface area contributed by atoms with E-state index in [2.05, 4.69) is 25.6 Å². The van der Waals surface area contributed by atoms with Crippen LogP contribution in [0.4, 0.5) is 21.6 Å². The largest absolute Gasteiger partial charge is 0.381 e. The van der Waals surface area contributed by atoms with E-state index in [0.29, 0.717) is 32.0 Å². The number of nitrogens with two attached hydrogens (primary N) is 1. The summed E-state index contributed by atoms with van der Waals surface area (Å²) in [6.07, 6.45) is 5.13. The number of amides is 1. The van der Waals surface area contributed by atoms with Crippen LogP contribution >= 0.6 is 0 Å². The lowest BCUT2D eigenvalue weighted by Crippen LogP contribution is -2.37. The normalized spacial score (nSPS) is 14.6. The number of aromatic nitrogens is 5. The lowest BCUT2D eigenvalue weighted by molar-refractivity contribution is 0.102. The van der Waals surface area contributed by atoms with Gasteiger partial charge in [-0.1, -0.05) is 0 Å². The van der Waals surface area contributed by atoms with Gasteiger partial charge in [0.1, 0.15) is 5.56 Å². The molecule has 1 aliphatic rings. The monoisotopic (exact) mass is 358 g/mol. The number of carbonyl (C=O) groups excluding carboxylic acids is 1. The number of fused-ring (bicyclic) bond motifs is 1. The van der Waals surface area contributed by atoms with Crippen LogP contribution in [0, 0.1) is 5.82 Å². The number of nitrogen functional groups attached to an aromatic ring is 1. The van der Waals surface area contributed by atoms with E-state index in [4.69, 9.17) is 10.5 Å². The molecule has 26 heavy (non-hydrogen) atoms. The number of hydrogen-bond donors (Lipinski definition) is 2. The summed E-state index contributed by atoms with van der Waals surface area (Å²) in [6.45, 7) is 2.53. The van der Waals surface area contributed by atoms with E-state index >= 15 is 0 Å². The van der Waals surface area contributed by atoms with Crippen molar-refractivity contribution in [2.75, 3.05) is 42.3 Å². The maximum absolute atomic E-state index is 13.3. The second-order valence-corrected chi connectivity index (χ2v) is 5.64. The van der Waals surface area contributed by atoms with Crippen molar-refractivity contribution in [3.05, 3.63) is 36.2 Å². The van der Waals surface area contributed by atoms with E-state index in [9.17, 15) is 9.18 Å². The number of morpholine rings is 1. The van der Waals surface area contributed by atoms with Crippen LogP contribution < -0.4 is 16.0 Å². The number of ether oxygens (including phenoxy) is 1. The van der Waals surface area contributed by atoms with Crippen LogP contribution in [-0.2, 0) is 4.74 Å². The first-order valence-corrected chi connectivity index (χ1v) is 7.87. The summed E-state index contributed by atoms with van der Waals surface area (Å²) in [5.74, 6) is -1.14. The number of carbonyl (C=O) groups is 1. The number of anilines is 3. The fourth-order valence-corrected chi connectivity index (χ4v) is 2.80. The molecule has 10 nitrogen and oxygen atoms in total. The Kier molecular flexibility index (Phi) is 4.05. The third-order valence-corrected chi connectivity index (χ3v) is 4.00. The highest BCUT2D eigenvalue weighted by Crippen LogP contribution is 2.26. The molecule has 4 heterocycles. The van der Waals surface area contributed by atoms with Crippen LogP contribution in [0.5, 0.6) is 0 Å². The number of hydrogen-bond acceptors (Lipinski definition) is 8. The number of halogens is 1. The number of nitrogens with zero attached hydrogens (tertiary/aromatic N) is 6. The smallest absolute Gasteiger partial charge is 0.263 e. The molecule has 0 radical (unpaired) electrons. The summed E-state index contributed by atoms with van der Waals surface area (Å²) in [5, 5.41) is 14.4. The standard InChI is InChI=1S/C15H15FN8O2/c16-9-5-18-14-12(13(17)22-24(14)8-9)15(25)21-10-6-19-20-7-11(10)23-1-3-26-4-2-23/h5-8H,1-4H2,(H2,17,22)(H,20,21,25). The van der Waals surface area contributed by atoms with E-state index < -0.39 is 11.7 Å². The second kappa shape index (κ2) is 6.52. The van der Waals surface area contributed by atoms with E-state index in [-0.39, 0.29) is 17.0 Å². The Morgan fingerprint density at radius 1 is 1.23 bits per heavy atom.